The fraction of sp³-hybridized carbons (Fsp3) is 0.882. The number of hydrogen-bond donors (Lipinski definition) is 1. The first-order valence-corrected chi connectivity index (χ1v) is 8.65. The Morgan fingerprint density at radius 1 is 1.26 bits per heavy atom. The van der Waals surface area contributed by atoms with Crippen molar-refractivity contribution in [3.8, 4) is 0 Å². The van der Waals surface area contributed by atoms with E-state index in [2.05, 4.69) is 0 Å². The Labute approximate surface area is 139 Å². The lowest BCUT2D eigenvalue weighted by Gasteiger charge is -2.65. The summed E-state index contributed by atoms with van der Waals surface area (Å²) in [7, 11) is 1.67. The van der Waals surface area contributed by atoms with Crippen molar-refractivity contribution in [3.63, 3.8) is 0 Å². The quantitative estimate of drug-likeness (QED) is 0.813. The maximum absolute atomic E-state index is 13.0. The van der Waals surface area contributed by atoms with Crippen molar-refractivity contribution in [2.45, 2.75) is 52.2 Å². The van der Waals surface area contributed by atoms with Gasteiger partial charge in [-0.3, -0.25) is 9.59 Å². The third-order valence-electron chi connectivity index (χ3n) is 5.87. The topological polar surface area (TPSA) is 75.9 Å². The minimum absolute atomic E-state index is 0.0389. The molecule has 2 amide bonds. The molecule has 3 atom stereocenters. The van der Waals surface area contributed by atoms with Gasteiger partial charge < -0.3 is 20.3 Å². The molecule has 6 nitrogen and oxygen atoms in total. The minimum Gasteiger partial charge on any atom is -0.377 e. The van der Waals surface area contributed by atoms with Crippen molar-refractivity contribution in [3.05, 3.63) is 0 Å². The van der Waals surface area contributed by atoms with Gasteiger partial charge in [-0.2, -0.15) is 0 Å². The van der Waals surface area contributed by atoms with Crippen molar-refractivity contribution >= 4 is 11.8 Å². The van der Waals surface area contributed by atoms with Crippen LogP contribution in [-0.4, -0.2) is 66.5 Å². The number of carbonyl (C=O) groups excluding carboxylic acids is 2. The maximum Gasteiger partial charge on any atom is 0.243 e. The van der Waals surface area contributed by atoms with Crippen LogP contribution < -0.4 is 5.73 Å². The molecule has 2 N–H and O–H groups in total. The second-order valence-electron chi connectivity index (χ2n) is 7.36. The molecule has 1 saturated heterocycles. The van der Waals surface area contributed by atoms with Crippen molar-refractivity contribution in [2.24, 2.45) is 17.1 Å². The van der Waals surface area contributed by atoms with E-state index in [-0.39, 0.29) is 30.4 Å². The zero-order chi connectivity index (χ0) is 17.4. The summed E-state index contributed by atoms with van der Waals surface area (Å²) >= 11 is 0. The van der Waals surface area contributed by atoms with E-state index < -0.39 is 11.0 Å². The Kier molecular flexibility index (Phi) is 5.06. The highest BCUT2D eigenvalue weighted by molar-refractivity contribution is 5.92. The molecular weight excluding hydrogens is 294 g/mol. The maximum atomic E-state index is 13.0. The van der Waals surface area contributed by atoms with Crippen molar-refractivity contribution in [1.29, 1.82) is 0 Å². The van der Waals surface area contributed by atoms with Crippen LogP contribution in [0.2, 0.25) is 0 Å². The van der Waals surface area contributed by atoms with E-state index in [4.69, 9.17) is 10.5 Å². The van der Waals surface area contributed by atoms with Crippen molar-refractivity contribution in [2.75, 3.05) is 33.3 Å². The number of nitrogens with zero attached hydrogens (tertiary/aromatic N) is 2. The van der Waals surface area contributed by atoms with Gasteiger partial charge in [0, 0.05) is 38.1 Å². The first kappa shape index (κ1) is 18.2. The van der Waals surface area contributed by atoms with E-state index in [9.17, 15) is 9.59 Å². The molecule has 3 unspecified atom stereocenters. The Morgan fingerprint density at radius 3 is 2.43 bits per heavy atom. The van der Waals surface area contributed by atoms with Gasteiger partial charge >= 0.3 is 0 Å². The lowest BCUT2D eigenvalue weighted by Crippen LogP contribution is -2.82. The average Bonchev–Trinajstić information content (AvgIpc) is 2.54. The summed E-state index contributed by atoms with van der Waals surface area (Å²) < 4.78 is 5.85. The molecule has 0 bridgehead atoms. The number of nitrogens with two attached hydrogens (primary N) is 1. The summed E-state index contributed by atoms with van der Waals surface area (Å²) in [5.41, 5.74) is 5.24. The summed E-state index contributed by atoms with van der Waals surface area (Å²) in [5.74, 6) is -0.137. The summed E-state index contributed by atoms with van der Waals surface area (Å²) in [6, 6.07) is 0. The second-order valence-corrected chi connectivity index (χ2v) is 7.36. The number of amides is 2. The highest BCUT2D eigenvalue weighted by Gasteiger charge is 2.70. The van der Waals surface area contributed by atoms with E-state index in [1.807, 2.05) is 27.7 Å². The highest BCUT2D eigenvalue weighted by atomic mass is 16.5. The fourth-order valence-electron chi connectivity index (χ4n) is 4.28. The van der Waals surface area contributed by atoms with Gasteiger partial charge in [-0.1, -0.05) is 13.8 Å². The van der Waals surface area contributed by atoms with E-state index in [0.29, 0.717) is 13.1 Å². The van der Waals surface area contributed by atoms with Gasteiger partial charge in [-0.05, 0) is 26.7 Å². The lowest BCUT2D eigenvalue weighted by atomic mass is 9.46. The van der Waals surface area contributed by atoms with Gasteiger partial charge in [0.15, 0.2) is 0 Å². The Hall–Kier alpha value is -1.14. The van der Waals surface area contributed by atoms with Crippen LogP contribution in [0.25, 0.3) is 0 Å². The van der Waals surface area contributed by atoms with Gasteiger partial charge in [-0.25, -0.2) is 0 Å². The largest absolute Gasteiger partial charge is 0.377 e. The highest BCUT2D eigenvalue weighted by Crippen LogP contribution is 2.57. The molecule has 1 aliphatic carbocycles. The molecule has 0 aromatic carbocycles. The predicted molar refractivity (Wildman–Crippen MR) is 88.7 cm³/mol. The molecule has 2 aliphatic rings. The molecule has 0 aromatic rings. The Morgan fingerprint density at radius 2 is 1.87 bits per heavy atom. The molecule has 2 rings (SSSR count). The summed E-state index contributed by atoms with van der Waals surface area (Å²) in [4.78, 5) is 28.5. The lowest BCUT2D eigenvalue weighted by molar-refractivity contribution is -0.229. The molecule has 1 aliphatic heterocycles. The van der Waals surface area contributed by atoms with E-state index >= 15 is 0 Å². The normalized spacial score (nSPS) is 31.7. The van der Waals surface area contributed by atoms with Crippen LogP contribution in [0.4, 0.5) is 0 Å². The molecule has 2 fully saturated rings. The van der Waals surface area contributed by atoms with Crippen LogP contribution in [-0.2, 0) is 14.3 Å². The molecule has 0 radical (unpaired) electrons. The number of hydrogen-bond acceptors (Lipinski definition) is 4. The molecule has 1 heterocycles. The predicted octanol–water partition coefficient (Wildman–Crippen LogP) is 0.846. The number of rotatable bonds is 5. The van der Waals surface area contributed by atoms with Crippen LogP contribution >= 0.6 is 0 Å². The number of likely N-dealkylation sites (N-methyl/N-ethyl adjacent to an activating group) is 2. The average molecular weight is 325 g/mol. The fourth-order valence-corrected chi connectivity index (χ4v) is 4.28. The molecular formula is C17H31N3O3. The second kappa shape index (κ2) is 6.40. The number of carbonyl (C=O) groups is 2. The van der Waals surface area contributed by atoms with Crippen molar-refractivity contribution < 1.29 is 14.3 Å². The molecule has 23 heavy (non-hydrogen) atoms. The third-order valence-corrected chi connectivity index (χ3v) is 5.87. The first-order chi connectivity index (χ1) is 10.7. The van der Waals surface area contributed by atoms with Gasteiger partial charge in [0.1, 0.15) is 5.54 Å². The van der Waals surface area contributed by atoms with E-state index in [1.165, 1.54) is 4.90 Å². The van der Waals surface area contributed by atoms with Gasteiger partial charge in [0.2, 0.25) is 11.8 Å². The molecule has 0 aromatic heterocycles. The van der Waals surface area contributed by atoms with Gasteiger partial charge in [0.25, 0.3) is 0 Å². The zero-order valence-corrected chi connectivity index (χ0v) is 15.1. The summed E-state index contributed by atoms with van der Waals surface area (Å²) in [6.07, 6.45) is 1.89. The monoisotopic (exact) mass is 325 g/mol. The molecule has 132 valence electrons. The smallest absolute Gasteiger partial charge is 0.243 e. The van der Waals surface area contributed by atoms with Crippen LogP contribution in [0.15, 0.2) is 0 Å². The Balaban J connectivity index is 2.11. The summed E-state index contributed by atoms with van der Waals surface area (Å²) in [5, 5.41) is 0. The van der Waals surface area contributed by atoms with Gasteiger partial charge in [0.05, 0.1) is 12.6 Å². The number of ether oxygens (including phenoxy) is 1. The standard InChI is InChI=1S/C17H31N3O3/c1-6-20(7-2)13(21)11-19(5)15(22)17(18)12-9-8-10-23-14(12)16(17,3)4/h12,14H,6-11,18H2,1-5H3. The zero-order valence-electron chi connectivity index (χ0n) is 15.1. The summed E-state index contributed by atoms with van der Waals surface area (Å²) in [6.45, 7) is 9.98. The molecule has 6 heteroatoms. The first-order valence-electron chi connectivity index (χ1n) is 8.65. The number of fused-ring (bicyclic) bond motifs is 1. The SMILES string of the molecule is CCN(CC)C(=O)CN(C)C(=O)C1(N)C2CCCOC2C1(C)C. The van der Waals surface area contributed by atoms with Crippen molar-refractivity contribution in [1.82, 2.24) is 9.80 Å². The Bertz CT molecular complexity index is 476. The molecule has 1 saturated carbocycles. The van der Waals surface area contributed by atoms with Crippen LogP contribution in [0.1, 0.15) is 40.5 Å². The van der Waals surface area contributed by atoms with Gasteiger partial charge in [-0.15, -0.1) is 0 Å². The molecule has 0 spiro atoms. The van der Waals surface area contributed by atoms with Crippen LogP contribution in [0.5, 0.6) is 0 Å². The third kappa shape index (κ3) is 2.66. The minimum atomic E-state index is -0.948. The van der Waals surface area contributed by atoms with Crippen LogP contribution in [0, 0.1) is 11.3 Å². The van der Waals surface area contributed by atoms with Crippen LogP contribution in [0.3, 0.4) is 0 Å². The van der Waals surface area contributed by atoms with E-state index in [1.54, 1.807) is 11.9 Å². The van der Waals surface area contributed by atoms with E-state index in [0.717, 1.165) is 19.4 Å².